The largest absolute Gasteiger partial charge is 0.455 e. The van der Waals surface area contributed by atoms with E-state index in [0.717, 1.165) is 26.8 Å². The predicted molar refractivity (Wildman–Crippen MR) is 78.2 cm³/mol. The molecule has 3 aromatic rings. The third kappa shape index (κ3) is 1.66. The number of anilines is 2. The highest BCUT2D eigenvalue weighted by molar-refractivity contribution is 9.10. The lowest BCUT2D eigenvalue weighted by atomic mass is 10.1. The van der Waals surface area contributed by atoms with Crippen LogP contribution in [0.25, 0.3) is 22.3 Å². The standard InChI is InChI=1S/C14H11BrN2O/c15-13-10-7-8(16)5-6-12(10)18-14(13)9-3-1-2-4-11(9)17/h1-7H,16-17H2. The minimum atomic E-state index is 0.685. The fourth-order valence-corrected chi connectivity index (χ4v) is 2.57. The van der Waals surface area contributed by atoms with Crippen LogP contribution in [0.3, 0.4) is 0 Å². The van der Waals surface area contributed by atoms with E-state index in [2.05, 4.69) is 15.9 Å². The summed E-state index contributed by atoms with van der Waals surface area (Å²) in [6, 6.07) is 13.2. The molecule has 0 spiro atoms. The summed E-state index contributed by atoms with van der Waals surface area (Å²) < 4.78 is 6.72. The summed E-state index contributed by atoms with van der Waals surface area (Å²) in [7, 11) is 0. The summed E-state index contributed by atoms with van der Waals surface area (Å²) >= 11 is 3.55. The molecule has 0 atom stereocenters. The second kappa shape index (κ2) is 4.07. The molecule has 4 heteroatoms. The van der Waals surface area contributed by atoms with Crippen molar-refractivity contribution in [1.29, 1.82) is 0 Å². The molecule has 3 nitrogen and oxygen atoms in total. The first-order valence-electron chi connectivity index (χ1n) is 5.49. The van der Waals surface area contributed by atoms with Crippen molar-refractivity contribution in [2.24, 2.45) is 0 Å². The number of rotatable bonds is 1. The molecule has 0 aliphatic carbocycles. The molecule has 0 bridgehead atoms. The molecule has 1 aromatic heterocycles. The summed E-state index contributed by atoms with van der Waals surface area (Å²) in [5.74, 6) is 0.730. The van der Waals surface area contributed by atoms with Crippen LogP contribution in [0.15, 0.2) is 51.4 Å². The SMILES string of the molecule is Nc1ccc2oc(-c3ccccc3N)c(Br)c2c1. The Morgan fingerprint density at radius 1 is 1.00 bits per heavy atom. The zero-order chi connectivity index (χ0) is 12.7. The lowest BCUT2D eigenvalue weighted by Crippen LogP contribution is -1.88. The van der Waals surface area contributed by atoms with Gasteiger partial charge < -0.3 is 15.9 Å². The molecule has 18 heavy (non-hydrogen) atoms. The maximum absolute atomic E-state index is 5.97. The van der Waals surface area contributed by atoms with Crippen molar-refractivity contribution in [1.82, 2.24) is 0 Å². The maximum atomic E-state index is 5.97. The van der Waals surface area contributed by atoms with E-state index in [1.54, 1.807) is 0 Å². The van der Waals surface area contributed by atoms with E-state index in [4.69, 9.17) is 15.9 Å². The van der Waals surface area contributed by atoms with Gasteiger partial charge in [0.25, 0.3) is 0 Å². The Balaban J connectivity index is 2.31. The smallest absolute Gasteiger partial charge is 0.151 e. The topological polar surface area (TPSA) is 65.2 Å². The highest BCUT2D eigenvalue weighted by Crippen LogP contribution is 2.40. The number of fused-ring (bicyclic) bond motifs is 1. The highest BCUT2D eigenvalue weighted by atomic mass is 79.9. The summed E-state index contributed by atoms with van der Waals surface area (Å²) in [6.45, 7) is 0. The van der Waals surface area contributed by atoms with Gasteiger partial charge in [-0.1, -0.05) is 12.1 Å². The second-order valence-corrected chi connectivity index (χ2v) is 4.88. The molecule has 4 N–H and O–H groups in total. The molecule has 3 rings (SSSR count). The number of hydrogen-bond acceptors (Lipinski definition) is 3. The van der Waals surface area contributed by atoms with Gasteiger partial charge in [-0.3, -0.25) is 0 Å². The van der Waals surface area contributed by atoms with Gasteiger partial charge in [0.05, 0.1) is 4.47 Å². The van der Waals surface area contributed by atoms with Gasteiger partial charge >= 0.3 is 0 Å². The summed E-state index contributed by atoms with van der Waals surface area (Å²) in [5.41, 5.74) is 14.8. The van der Waals surface area contributed by atoms with Crippen LogP contribution < -0.4 is 11.5 Å². The number of furan rings is 1. The lowest BCUT2D eigenvalue weighted by molar-refractivity contribution is 0.630. The molecule has 0 saturated heterocycles. The molecular weight excluding hydrogens is 292 g/mol. The van der Waals surface area contributed by atoms with Gasteiger partial charge in [-0.15, -0.1) is 0 Å². The monoisotopic (exact) mass is 302 g/mol. The molecule has 1 heterocycles. The third-order valence-electron chi connectivity index (χ3n) is 2.86. The first-order chi connectivity index (χ1) is 8.66. The molecule has 0 aliphatic rings. The Bertz CT molecular complexity index is 734. The van der Waals surface area contributed by atoms with Crippen LogP contribution in [0.2, 0.25) is 0 Å². The second-order valence-electron chi connectivity index (χ2n) is 4.09. The first kappa shape index (κ1) is 11.2. The molecule has 0 amide bonds. The van der Waals surface area contributed by atoms with Crippen LogP contribution in [0.1, 0.15) is 0 Å². The number of halogens is 1. The van der Waals surface area contributed by atoms with Crippen LogP contribution >= 0.6 is 15.9 Å². The van der Waals surface area contributed by atoms with Gasteiger partial charge in [-0.2, -0.15) is 0 Å². The molecular formula is C14H11BrN2O. The van der Waals surface area contributed by atoms with Crippen molar-refractivity contribution in [2.75, 3.05) is 11.5 Å². The van der Waals surface area contributed by atoms with E-state index in [0.29, 0.717) is 11.4 Å². The summed E-state index contributed by atoms with van der Waals surface area (Å²) in [5, 5.41) is 0.952. The predicted octanol–water partition coefficient (Wildman–Crippen LogP) is 4.03. The quantitative estimate of drug-likeness (QED) is 0.667. The number of para-hydroxylation sites is 1. The van der Waals surface area contributed by atoms with Crippen molar-refractivity contribution >= 4 is 38.3 Å². The van der Waals surface area contributed by atoms with Gasteiger partial charge in [0.15, 0.2) is 5.76 Å². The Hall–Kier alpha value is -1.94. The van der Waals surface area contributed by atoms with E-state index < -0.39 is 0 Å². The minimum Gasteiger partial charge on any atom is -0.455 e. The number of nitrogen functional groups attached to an aromatic ring is 2. The van der Waals surface area contributed by atoms with E-state index in [1.165, 1.54) is 0 Å². The Kier molecular flexibility index (Phi) is 2.52. The van der Waals surface area contributed by atoms with Crippen LogP contribution in [-0.2, 0) is 0 Å². The average molecular weight is 303 g/mol. The Labute approximate surface area is 113 Å². The Morgan fingerprint density at radius 3 is 2.56 bits per heavy atom. The first-order valence-corrected chi connectivity index (χ1v) is 6.28. The molecule has 0 radical (unpaired) electrons. The average Bonchev–Trinajstić information content (AvgIpc) is 2.68. The van der Waals surface area contributed by atoms with Crippen molar-refractivity contribution < 1.29 is 4.42 Å². The number of benzene rings is 2. The van der Waals surface area contributed by atoms with Gasteiger partial charge in [-0.25, -0.2) is 0 Å². The molecule has 0 unspecified atom stereocenters. The van der Waals surface area contributed by atoms with Crippen molar-refractivity contribution in [3.05, 3.63) is 46.9 Å². The van der Waals surface area contributed by atoms with E-state index in [-0.39, 0.29) is 0 Å². The molecule has 2 aromatic carbocycles. The molecule has 0 fully saturated rings. The van der Waals surface area contributed by atoms with Crippen molar-refractivity contribution in [2.45, 2.75) is 0 Å². The van der Waals surface area contributed by atoms with Crippen LogP contribution in [-0.4, -0.2) is 0 Å². The summed E-state index contributed by atoms with van der Waals surface area (Å²) in [4.78, 5) is 0. The number of nitrogens with two attached hydrogens (primary N) is 2. The molecule has 0 saturated carbocycles. The zero-order valence-electron chi connectivity index (χ0n) is 9.48. The lowest BCUT2D eigenvalue weighted by Gasteiger charge is -2.01. The minimum absolute atomic E-state index is 0.685. The highest BCUT2D eigenvalue weighted by Gasteiger charge is 2.15. The van der Waals surface area contributed by atoms with Crippen molar-refractivity contribution in [3.63, 3.8) is 0 Å². The molecule has 90 valence electrons. The molecule has 0 aliphatic heterocycles. The fourth-order valence-electron chi connectivity index (χ4n) is 1.96. The zero-order valence-corrected chi connectivity index (χ0v) is 11.1. The van der Waals surface area contributed by atoms with Crippen molar-refractivity contribution in [3.8, 4) is 11.3 Å². The maximum Gasteiger partial charge on any atom is 0.151 e. The van der Waals surface area contributed by atoms with Gasteiger partial charge in [0.1, 0.15) is 5.58 Å². The van der Waals surface area contributed by atoms with E-state index in [1.807, 2.05) is 42.5 Å². The number of hydrogen-bond donors (Lipinski definition) is 2. The van der Waals surface area contributed by atoms with Crippen LogP contribution in [0.4, 0.5) is 11.4 Å². The normalized spacial score (nSPS) is 10.9. The van der Waals surface area contributed by atoms with E-state index in [9.17, 15) is 0 Å². The van der Waals surface area contributed by atoms with Gasteiger partial charge in [-0.05, 0) is 46.3 Å². The van der Waals surface area contributed by atoms with Gasteiger partial charge in [0.2, 0.25) is 0 Å². The van der Waals surface area contributed by atoms with E-state index >= 15 is 0 Å². The van der Waals surface area contributed by atoms with Crippen LogP contribution in [0.5, 0.6) is 0 Å². The fraction of sp³-hybridized carbons (Fsp3) is 0. The Morgan fingerprint density at radius 2 is 1.78 bits per heavy atom. The summed E-state index contributed by atoms with van der Waals surface area (Å²) in [6.07, 6.45) is 0. The van der Waals surface area contributed by atoms with Crippen LogP contribution in [0, 0.1) is 0 Å². The third-order valence-corrected chi connectivity index (χ3v) is 3.64. The van der Waals surface area contributed by atoms with Gasteiger partial charge in [0, 0.05) is 22.3 Å².